The minimum atomic E-state index is -0.968. The minimum absolute atomic E-state index is 0.101. The molecule has 1 N–H and O–H groups in total. The van der Waals surface area contributed by atoms with Gasteiger partial charge in [-0.3, -0.25) is 4.79 Å². The number of rotatable bonds is 4. The second-order valence-electron chi connectivity index (χ2n) is 4.95. The smallest absolute Gasteiger partial charge is 0.335 e. The highest BCUT2D eigenvalue weighted by Crippen LogP contribution is 2.29. The summed E-state index contributed by atoms with van der Waals surface area (Å²) in [6.07, 6.45) is 0. The van der Waals surface area contributed by atoms with Crippen molar-refractivity contribution >= 4 is 33.7 Å². The molecule has 0 radical (unpaired) electrons. The summed E-state index contributed by atoms with van der Waals surface area (Å²) in [7, 11) is 0. The molecule has 0 aliphatic heterocycles. The number of fused-ring (bicyclic) bond motifs is 3. The Bertz CT molecular complexity index is 879. The third kappa shape index (κ3) is 2.30. The van der Waals surface area contributed by atoms with Crippen molar-refractivity contribution in [2.24, 2.45) is 0 Å². The molecule has 0 aliphatic rings. The van der Waals surface area contributed by atoms with E-state index in [9.17, 15) is 9.59 Å². The number of carboxylic acids is 1. The fourth-order valence-corrected chi connectivity index (χ4v) is 2.69. The maximum Gasteiger partial charge on any atom is 0.335 e. The molecule has 0 unspecified atom stereocenters. The lowest BCUT2D eigenvalue weighted by Crippen LogP contribution is -2.13. The summed E-state index contributed by atoms with van der Waals surface area (Å²) < 4.78 is 6.88. The van der Waals surface area contributed by atoms with Gasteiger partial charge in [0.1, 0.15) is 6.54 Å². The molecule has 112 valence electrons. The number of carbonyl (C=O) groups excluding carboxylic acids is 1. The van der Waals surface area contributed by atoms with Crippen LogP contribution < -0.4 is 0 Å². The average Bonchev–Trinajstić information content (AvgIpc) is 2.81. The fourth-order valence-electron chi connectivity index (χ4n) is 2.69. The zero-order chi connectivity index (χ0) is 15.7. The van der Waals surface area contributed by atoms with Gasteiger partial charge in [-0.1, -0.05) is 18.2 Å². The van der Waals surface area contributed by atoms with E-state index in [1.165, 1.54) is 0 Å². The first-order chi connectivity index (χ1) is 10.6. The van der Waals surface area contributed by atoms with Crippen molar-refractivity contribution in [3.63, 3.8) is 0 Å². The highest BCUT2D eigenvalue weighted by Gasteiger charge is 2.15. The van der Waals surface area contributed by atoms with Crippen molar-refractivity contribution in [1.82, 2.24) is 4.57 Å². The number of para-hydroxylation sites is 1. The second kappa shape index (κ2) is 5.52. The van der Waals surface area contributed by atoms with Crippen LogP contribution in [-0.2, 0) is 16.1 Å². The Morgan fingerprint density at radius 1 is 1.09 bits per heavy atom. The maximum atomic E-state index is 11.8. The Morgan fingerprint density at radius 2 is 1.82 bits per heavy atom. The van der Waals surface area contributed by atoms with Gasteiger partial charge in [0.15, 0.2) is 0 Å². The molecule has 3 aromatic rings. The quantitative estimate of drug-likeness (QED) is 0.751. The molecule has 0 atom stereocenters. The Hall–Kier alpha value is -2.82. The van der Waals surface area contributed by atoms with Crippen molar-refractivity contribution in [2.45, 2.75) is 13.5 Å². The monoisotopic (exact) mass is 297 g/mol. The summed E-state index contributed by atoms with van der Waals surface area (Å²) in [5, 5.41) is 10.9. The predicted octanol–water partition coefficient (Wildman–Crippen LogP) is 3.06. The summed E-state index contributed by atoms with van der Waals surface area (Å²) in [5.41, 5.74) is 1.93. The van der Waals surface area contributed by atoms with Gasteiger partial charge < -0.3 is 14.4 Å². The molecule has 0 amide bonds. The topological polar surface area (TPSA) is 68.5 Å². The van der Waals surface area contributed by atoms with Crippen LogP contribution in [-0.4, -0.2) is 28.2 Å². The molecule has 5 nitrogen and oxygen atoms in total. The summed E-state index contributed by atoms with van der Waals surface area (Å²) in [5.74, 6) is -1.28. The number of carboxylic acid groups (broad SMARTS) is 1. The molecule has 5 heteroatoms. The molecular weight excluding hydrogens is 282 g/mol. The van der Waals surface area contributed by atoms with Crippen LogP contribution in [0.3, 0.4) is 0 Å². The lowest BCUT2D eigenvalue weighted by atomic mass is 10.1. The lowest BCUT2D eigenvalue weighted by molar-refractivity contribution is -0.143. The Kier molecular flexibility index (Phi) is 3.55. The molecule has 1 heterocycles. The van der Waals surface area contributed by atoms with Gasteiger partial charge in [-0.25, -0.2) is 4.79 Å². The Balaban J connectivity index is 2.24. The molecule has 1 aromatic heterocycles. The Labute approximate surface area is 126 Å². The molecule has 0 fully saturated rings. The first kappa shape index (κ1) is 14.1. The van der Waals surface area contributed by atoms with E-state index in [1.807, 2.05) is 28.8 Å². The highest BCUT2D eigenvalue weighted by atomic mass is 16.5. The fraction of sp³-hybridized carbons (Fsp3) is 0.176. The van der Waals surface area contributed by atoms with Gasteiger partial charge in [0.05, 0.1) is 12.2 Å². The second-order valence-corrected chi connectivity index (χ2v) is 4.95. The van der Waals surface area contributed by atoms with Gasteiger partial charge in [0.2, 0.25) is 0 Å². The van der Waals surface area contributed by atoms with Crippen LogP contribution in [0.4, 0.5) is 0 Å². The normalized spacial score (nSPS) is 11.0. The van der Waals surface area contributed by atoms with Crippen LogP contribution in [0.2, 0.25) is 0 Å². The zero-order valence-corrected chi connectivity index (χ0v) is 12.1. The van der Waals surface area contributed by atoms with E-state index in [2.05, 4.69) is 0 Å². The SMILES string of the molecule is CCOC(=O)Cn1c2ccccc2c2cc(C(=O)O)ccc21. The molecule has 0 bridgehead atoms. The summed E-state index contributed by atoms with van der Waals surface area (Å²) in [4.78, 5) is 23.0. The number of esters is 1. The predicted molar refractivity (Wildman–Crippen MR) is 83.0 cm³/mol. The Morgan fingerprint density at radius 3 is 2.55 bits per heavy atom. The molecule has 0 spiro atoms. The molecular formula is C17H15NO4. The van der Waals surface area contributed by atoms with E-state index < -0.39 is 5.97 Å². The van der Waals surface area contributed by atoms with Crippen molar-refractivity contribution < 1.29 is 19.4 Å². The molecule has 22 heavy (non-hydrogen) atoms. The number of hydrogen-bond acceptors (Lipinski definition) is 3. The van der Waals surface area contributed by atoms with Gasteiger partial charge in [-0.05, 0) is 31.2 Å². The summed E-state index contributed by atoms with van der Waals surface area (Å²) in [6, 6.07) is 12.5. The largest absolute Gasteiger partial charge is 0.478 e. The highest BCUT2D eigenvalue weighted by molar-refractivity contribution is 6.10. The van der Waals surface area contributed by atoms with Crippen LogP contribution in [0.1, 0.15) is 17.3 Å². The van der Waals surface area contributed by atoms with Gasteiger partial charge in [0.25, 0.3) is 0 Å². The van der Waals surface area contributed by atoms with Gasteiger partial charge in [-0.2, -0.15) is 0 Å². The standard InChI is InChI=1S/C17H15NO4/c1-2-22-16(19)10-18-14-6-4-3-5-12(14)13-9-11(17(20)21)7-8-15(13)18/h3-9H,2,10H2,1H3,(H,20,21). The van der Waals surface area contributed by atoms with Crippen molar-refractivity contribution in [1.29, 1.82) is 0 Å². The van der Waals surface area contributed by atoms with E-state index >= 15 is 0 Å². The van der Waals surface area contributed by atoms with Crippen LogP contribution in [0.15, 0.2) is 42.5 Å². The molecule has 0 aliphatic carbocycles. The maximum absolute atomic E-state index is 11.8. The van der Waals surface area contributed by atoms with Crippen LogP contribution in [0.25, 0.3) is 21.8 Å². The minimum Gasteiger partial charge on any atom is -0.478 e. The first-order valence-electron chi connectivity index (χ1n) is 7.01. The number of nitrogens with zero attached hydrogens (tertiary/aromatic N) is 1. The number of benzene rings is 2. The molecule has 3 rings (SSSR count). The van der Waals surface area contributed by atoms with Gasteiger partial charge >= 0.3 is 11.9 Å². The van der Waals surface area contributed by atoms with Crippen LogP contribution in [0, 0.1) is 0 Å². The summed E-state index contributed by atoms with van der Waals surface area (Å²) in [6.45, 7) is 2.20. The number of carbonyl (C=O) groups is 2. The summed E-state index contributed by atoms with van der Waals surface area (Å²) >= 11 is 0. The van der Waals surface area contributed by atoms with E-state index in [-0.39, 0.29) is 18.1 Å². The third-order valence-electron chi connectivity index (χ3n) is 3.61. The van der Waals surface area contributed by atoms with Crippen molar-refractivity contribution in [3.8, 4) is 0 Å². The number of aromatic nitrogens is 1. The number of ether oxygens (including phenoxy) is 1. The van der Waals surface area contributed by atoms with E-state index in [0.29, 0.717) is 6.61 Å². The molecule has 2 aromatic carbocycles. The first-order valence-corrected chi connectivity index (χ1v) is 7.01. The lowest BCUT2D eigenvalue weighted by Gasteiger charge is -2.07. The van der Waals surface area contributed by atoms with Gasteiger partial charge in [0, 0.05) is 21.8 Å². The van der Waals surface area contributed by atoms with Crippen LogP contribution in [0.5, 0.6) is 0 Å². The number of hydrogen-bond donors (Lipinski definition) is 1. The average molecular weight is 297 g/mol. The van der Waals surface area contributed by atoms with Crippen molar-refractivity contribution in [2.75, 3.05) is 6.61 Å². The van der Waals surface area contributed by atoms with E-state index in [4.69, 9.17) is 9.84 Å². The van der Waals surface area contributed by atoms with Gasteiger partial charge in [-0.15, -0.1) is 0 Å². The van der Waals surface area contributed by atoms with E-state index in [1.54, 1.807) is 25.1 Å². The molecule has 0 saturated carbocycles. The van der Waals surface area contributed by atoms with Crippen molar-refractivity contribution in [3.05, 3.63) is 48.0 Å². The zero-order valence-electron chi connectivity index (χ0n) is 12.1. The number of aromatic carboxylic acids is 1. The van der Waals surface area contributed by atoms with E-state index in [0.717, 1.165) is 21.8 Å². The molecule has 0 saturated heterocycles. The third-order valence-corrected chi connectivity index (χ3v) is 3.61. The van der Waals surface area contributed by atoms with Crippen LogP contribution >= 0.6 is 0 Å².